The first-order valence-corrected chi connectivity index (χ1v) is 9.89. The van der Waals surface area contributed by atoms with Crippen molar-refractivity contribution in [1.29, 1.82) is 0 Å². The number of benzene rings is 1. The molecule has 1 N–H and O–H groups in total. The van der Waals surface area contributed by atoms with E-state index in [2.05, 4.69) is 38.1 Å². The van der Waals surface area contributed by atoms with Gasteiger partial charge in [-0.05, 0) is 56.2 Å². The summed E-state index contributed by atoms with van der Waals surface area (Å²) in [4.78, 5) is 15.1. The van der Waals surface area contributed by atoms with Crippen LogP contribution < -0.4 is 4.90 Å². The molecule has 144 valence electrons. The van der Waals surface area contributed by atoms with Crippen molar-refractivity contribution in [2.75, 3.05) is 25.2 Å². The lowest BCUT2D eigenvalue weighted by atomic mass is 9.67. The Hall–Kier alpha value is -1.39. The first-order chi connectivity index (χ1) is 12.3. The molecule has 4 heteroatoms. The number of amides is 1. The summed E-state index contributed by atoms with van der Waals surface area (Å²) in [5, 5.41) is 10.5. The average Bonchev–Trinajstić information content (AvgIpc) is 2.95. The molecule has 26 heavy (non-hydrogen) atoms. The van der Waals surface area contributed by atoms with E-state index < -0.39 is 5.60 Å². The number of carbonyl (C=O) groups is 1. The number of nitrogens with zero attached hydrogens (tertiary/aromatic N) is 1. The number of anilines is 1. The molecular formula is C22H33NO3. The van der Waals surface area contributed by atoms with Crippen LogP contribution in [0.25, 0.3) is 0 Å². The quantitative estimate of drug-likeness (QED) is 0.863. The van der Waals surface area contributed by atoms with Gasteiger partial charge in [0.25, 0.3) is 0 Å². The molecule has 2 fully saturated rings. The van der Waals surface area contributed by atoms with Crippen LogP contribution in [0.1, 0.15) is 64.9 Å². The summed E-state index contributed by atoms with van der Waals surface area (Å²) in [6.45, 7) is 7.81. The molecule has 0 radical (unpaired) electrons. The number of ether oxygens (including phenoxy) is 1. The maximum atomic E-state index is 13.2. The summed E-state index contributed by atoms with van der Waals surface area (Å²) < 4.78 is 5.32. The van der Waals surface area contributed by atoms with E-state index in [-0.39, 0.29) is 16.7 Å². The number of carbonyl (C=O) groups excluding carboxylic acids is 1. The van der Waals surface area contributed by atoms with E-state index in [9.17, 15) is 9.90 Å². The van der Waals surface area contributed by atoms with Crippen molar-refractivity contribution in [1.82, 2.24) is 0 Å². The van der Waals surface area contributed by atoms with Crippen molar-refractivity contribution in [3.8, 4) is 0 Å². The molecule has 0 bridgehead atoms. The second-order valence-electron chi connectivity index (χ2n) is 8.93. The molecule has 4 nitrogen and oxygen atoms in total. The molecule has 2 aliphatic rings. The van der Waals surface area contributed by atoms with Crippen molar-refractivity contribution in [2.45, 2.75) is 70.3 Å². The van der Waals surface area contributed by atoms with Crippen LogP contribution in [-0.2, 0) is 14.9 Å². The van der Waals surface area contributed by atoms with E-state index in [1.165, 1.54) is 5.56 Å². The second-order valence-corrected chi connectivity index (χ2v) is 8.93. The Morgan fingerprint density at radius 2 is 1.73 bits per heavy atom. The van der Waals surface area contributed by atoms with E-state index in [1.807, 2.05) is 11.8 Å². The molecule has 1 aromatic carbocycles. The van der Waals surface area contributed by atoms with Gasteiger partial charge in [0, 0.05) is 24.8 Å². The second kappa shape index (κ2) is 6.97. The summed E-state index contributed by atoms with van der Waals surface area (Å²) in [5.74, 6) is 0.250. The van der Waals surface area contributed by atoms with E-state index in [1.54, 1.807) is 7.11 Å². The van der Waals surface area contributed by atoms with Gasteiger partial charge in [-0.25, -0.2) is 0 Å². The highest BCUT2D eigenvalue weighted by Gasteiger charge is 2.51. The van der Waals surface area contributed by atoms with Gasteiger partial charge in [0.15, 0.2) is 0 Å². The fraction of sp³-hybridized carbons (Fsp3) is 0.682. The molecule has 0 unspecified atom stereocenters. The van der Waals surface area contributed by atoms with Crippen LogP contribution in [0.4, 0.5) is 5.69 Å². The molecule has 1 spiro atoms. The normalized spacial score (nSPS) is 29.6. The lowest BCUT2D eigenvalue weighted by molar-refractivity contribution is -0.130. The van der Waals surface area contributed by atoms with Gasteiger partial charge in [0.1, 0.15) is 0 Å². The van der Waals surface area contributed by atoms with Crippen molar-refractivity contribution >= 4 is 11.6 Å². The lowest BCUT2D eigenvalue weighted by Crippen LogP contribution is -2.43. The zero-order valence-corrected chi connectivity index (χ0v) is 16.7. The van der Waals surface area contributed by atoms with Crippen LogP contribution in [0, 0.1) is 5.41 Å². The van der Waals surface area contributed by atoms with E-state index in [0.29, 0.717) is 6.61 Å². The molecule has 1 aliphatic heterocycles. The van der Waals surface area contributed by atoms with E-state index in [0.717, 1.165) is 50.8 Å². The monoisotopic (exact) mass is 359 g/mol. The van der Waals surface area contributed by atoms with Crippen LogP contribution in [0.3, 0.4) is 0 Å². The number of aliphatic hydroxyl groups is 1. The maximum absolute atomic E-state index is 13.2. The highest BCUT2D eigenvalue weighted by Crippen LogP contribution is 2.49. The summed E-state index contributed by atoms with van der Waals surface area (Å²) >= 11 is 0. The third kappa shape index (κ3) is 3.41. The van der Waals surface area contributed by atoms with Crippen molar-refractivity contribution in [3.63, 3.8) is 0 Å². The van der Waals surface area contributed by atoms with Gasteiger partial charge < -0.3 is 14.7 Å². The molecule has 1 saturated carbocycles. The number of hydrogen-bond acceptors (Lipinski definition) is 3. The van der Waals surface area contributed by atoms with Crippen LogP contribution >= 0.6 is 0 Å². The SMILES string of the molecule is CC[C@]1(O)CC[C@]2(CCN(c3ccc(C(C)(C)COC)cc3)C2=O)CC1. The Bertz CT molecular complexity index is 642. The molecule has 1 aliphatic carbocycles. The van der Waals surface area contributed by atoms with Gasteiger partial charge in [-0.15, -0.1) is 0 Å². The average molecular weight is 360 g/mol. The number of rotatable bonds is 5. The Kier molecular flexibility index (Phi) is 5.19. The summed E-state index contributed by atoms with van der Waals surface area (Å²) in [6.07, 6.45) is 4.79. The van der Waals surface area contributed by atoms with Crippen molar-refractivity contribution < 1.29 is 14.6 Å². The van der Waals surface area contributed by atoms with E-state index >= 15 is 0 Å². The van der Waals surface area contributed by atoms with Crippen LogP contribution in [0.15, 0.2) is 24.3 Å². The minimum atomic E-state index is -0.562. The van der Waals surface area contributed by atoms with Crippen molar-refractivity contribution in [2.24, 2.45) is 5.41 Å². The first-order valence-electron chi connectivity index (χ1n) is 9.89. The summed E-state index contributed by atoms with van der Waals surface area (Å²) in [7, 11) is 1.72. The molecule has 1 aromatic rings. The highest BCUT2D eigenvalue weighted by atomic mass is 16.5. The minimum Gasteiger partial charge on any atom is -0.390 e. The smallest absolute Gasteiger partial charge is 0.233 e. The fourth-order valence-corrected chi connectivity index (χ4v) is 4.62. The maximum Gasteiger partial charge on any atom is 0.233 e. The molecule has 1 amide bonds. The highest BCUT2D eigenvalue weighted by molar-refractivity contribution is 6.00. The predicted molar refractivity (Wildman–Crippen MR) is 104 cm³/mol. The number of hydrogen-bond donors (Lipinski definition) is 1. The van der Waals surface area contributed by atoms with Gasteiger partial charge in [-0.1, -0.05) is 32.9 Å². The Morgan fingerprint density at radius 3 is 2.27 bits per heavy atom. The summed E-state index contributed by atoms with van der Waals surface area (Å²) in [6, 6.07) is 8.36. The standard InChI is InChI=1S/C22H33NO3/c1-5-22(25)12-10-21(11-13-22)14-15-23(19(21)24)18-8-6-17(7-9-18)20(2,3)16-26-4/h6-9,25H,5,10-16H2,1-4H3/t21-,22+. The molecular weight excluding hydrogens is 326 g/mol. The zero-order valence-electron chi connectivity index (χ0n) is 16.7. The Balaban J connectivity index is 1.73. The summed E-state index contributed by atoms with van der Waals surface area (Å²) in [5.41, 5.74) is 1.34. The molecule has 0 aromatic heterocycles. The third-order valence-corrected chi connectivity index (χ3v) is 6.77. The van der Waals surface area contributed by atoms with Gasteiger partial charge in [-0.2, -0.15) is 0 Å². The Morgan fingerprint density at radius 1 is 1.12 bits per heavy atom. The van der Waals surface area contributed by atoms with Crippen LogP contribution in [0.2, 0.25) is 0 Å². The molecule has 3 rings (SSSR count). The van der Waals surface area contributed by atoms with Gasteiger partial charge in [0.2, 0.25) is 5.91 Å². The van der Waals surface area contributed by atoms with Crippen LogP contribution in [0.5, 0.6) is 0 Å². The van der Waals surface area contributed by atoms with Crippen LogP contribution in [-0.4, -0.2) is 36.9 Å². The molecule has 1 heterocycles. The van der Waals surface area contributed by atoms with Gasteiger partial charge in [-0.3, -0.25) is 4.79 Å². The predicted octanol–water partition coefficient (Wildman–Crippen LogP) is 4.05. The molecule has 1 saturated heterocycles. The third-order valence-electron chi connectivity index (χ3n) is 6.77. The fourth-order valence-electron chi connectivity index (χ4n) is 4.62. The minimum absolute atomic E-state index is 0.0441. The largest absolute Gasteiger partial charge is 0.390 e. The zero-order chi connectivity index (χ0) is 19.0. The van der Waals surface area contributed by atoms with Gasteiger partial charge >= 0.3 is 0 Å². The number of methoxy groups -OCH3 is 1. The topological polar surface area (TPSA) is 49.8 Å². The van der Waals surface area contributed by atoms with Crippen molar-refractivity contribution in [3.05, 3.63) is 29.8 Å². The molecule has 0 atom stereocenters. The lowest BCUT2D eigenvalue weighted by Gasteiger charge is -2.40. The van der Waals surface area contributed by atoms with E-state index in [4.69, 9.17) is 4.74 Å². The Labute approximate surface area is 157 Å². The first kappa shape index (κ1) is 19.4. The van der Waals surface area contributed by atoms with Gasteiger partial charge in [0.05, 0.1) is 17.6 Å².